The minimum Gasteiger partial charge on any atom is -0.330 e. The first kappa shape index (κ1) is 12.7. The van der Waals surface area contributed by atoms with Crippen LogP contribution in [0.2, 0.25) is 0 Å². The van der Waals surface area contributed by atoms with Crippen LogP contribution in [0.15, 0.2) is 36.9 Å². The van der Waals surface area contributed by atoms with Crippen LogP contribution >= 0.6 is 0 Å². The van der Waals surface area contributed by atoms with Gasteiger partial charge in [0.05, 0.1) is 12.9 Å². The zero-order chi connectivity index (χ0) is 13.9. The van der Waals surface area contributed by atoms with Crippen molar-refractivity contribution in [2.75, 3.05) is 0 Å². The molecule has 3 rings (SSSR count). The number of carbonyl (C=O) groups is 1. The minimum absolute atomic E-state index is 0.0993. The lowest BCUT2D eigenvalue weighted by Crippen LogP contribution is -2.10. The predicted octanol–water partition coefficient (Wildman–Crippen LogP) is 2.84. The molecule has 0 saturated heterocycles. The van der Waals surface area contributed by atoms with Crippen molar-refractivity contribution in [3.8, 4) is 11.8 Å². The van der Waals surface area contributed by atoms with Gasteiger partial charge in [-0.3, -0.25) is 4.79 Å². The first-order chi connectivity index (χ1) is 9.72. The Labute approximate surface area is 118 Å². The SMILES string of the molecule is Cc1cc(C#CC2CC2)ccc1C(=O)Cn1ccnc1. The van der Waals surface area contributed by atoms with Crippen LogP contribution in [0.25, 0.3) is 0 Å². The summed E-state index contributed by atoms with van der Waals surface area (Å²) in [5.41, 5.74) is 2.74. The van der Waals surface area contributed by atoms with Crippen molar-refractivity contribution in [3.63, 3.8) is 0 Å². The van der Waals surface area contributed by atoms with Gasteiger partial charge in [0, 0.05) is 29.4 Å². The van der Waals surface area contributed by atoms with Crippen LogP contribution in [-0.4, -0.2) is 15.3 Å². The third-order valence-corrected chi connectivity index (χ3v) is 3.41. The number of benzene rings is 1. The van der Waals surface area contributed by atoms with E-state index in [1.165, 1.54) is 12.8 Å². The number of hydrogen-bond donors (Lipinski definition) is 0. The summed E-state index contributed by atoms with van der Waals surface area (Å²) >= 11 is 0. The van der Waals surface area contributed by atoms with E-state index in [-0.39, 0.29) is 5.78 Å². The van der Waals surface area contributed by atoms with Crippen LogP contribution in [0.1, 0.15) is 34.3 Å². The highest BCUT2D eigenvalue weighted by atomic mass is 16.1. The summed E-state index contributed by atoms with van der Waals surface area (Å²) in [5, 5.41) is 0. The van der Waals surface area contributed by atoms with Crippen LogP contribution in [0.5, 0.6) is 0 Å². The average Bonchev–Trinajstić information content (AvgIpc) is 3.13. The quantitative estimate of drug-likeness (QED) is 0.631. The topological polar surface area (TPSA) is 34.9 Å². The van der Waals surface area contributed by atoms with E-state index in [2.05, 4.69) is 16.8 Å². The Morgan fingerprint density at radius 2 is 2.30 bits per heavy atom. The average molecular weight is 264 g/mol. The van der Waals surface area contributed by atoms with Crippen molar-refractivity contribution in [2.24, 2.45) is 5.92 Å². The van der Waals surface area contributed by atoms with Crippen LogP contribution in [0, 0.1) is 24.7 Å². The summed E-state index contributed by atoms with van der Waals surface area (Å²) in [6, 6.07) is 5.81. The smallest absolute Gasteiger partial charge is 0.182 e. The lowest BCUT2D eigenvalue weighted by molar-refractivity contribution is 0.0971. The Kier molecular flexibility index (Phi) is 3.39. The Morgan fingerprint density at radius 1 is 1.45 bits per heavy atom. The summed E-state index contributed by atoms with van der Waals surface area (Å²) in [6.45, 7) is 2.29. The normalized spacial score (nSPS) is 13.7. The Morgan fingerprint density at radius 3 is 2.95 bits per heavy atom. The van der Waals surface area contributed by atoms with E-state index in [4.69, 9.17) is 0 Å². The third kappa shape index (κ3) is 2.97. The standard InChI is InChI=1S/C17H16N2O/c1-13-10-15(5-4-14-2-3-14)6-7-16(13)17(20)11-19-9-8-18-12-19/h6-10,12,14H,2-3,11H2,1H3. The van der Waals surface area contributed by atoms with Crippen molar-refractivity contribution in [2.45, 2.75) is 26.3 Å². The van der Waals surface area contributed by atoms with E-state index >= 15 is 0 Å². The number of hydrogen-bond acceptors (Lipinski definition) is 2. The molecule has 1 heterocycles. The van der Waals surface area contributed by atoms with Gasteiger partial charge >= 0.3 is 0 Å². The van der Waals surface area contributed by atoms with Gasteiger partial charge < -0.3 is 4.57 Å². The molecule has 20 heavy (non-hydrogen) atoms. The second kappa shape index (κ2) is 5.34. The van der Waals surface area contributed by atoms with Crippen molar-refractivity contribution in [1.82, 2.24) is 9.55 Å². The number of carbonyl (C=O) groups excluding carboxylic acids is 1. The molecule has 0 amide bonds. The van der Waals surface area contributed by atoms with Gasteiger partial charge in [-0.25, -0.2) is 4.98 Å². The summed E-state index contributed by atoms with van der Waals surface area (Å²) in [5.74, 6) is 7.11. The number of aryl methyl sites for hydroxylation is 1. The van der Waals surface area contributed by atoms with Crippen molar-refractivity contribution < 1.29 is 4.79 Å². The van der Waals surface area contributed by atoms with Crippen LogP contribution < -0.4 is 0 Å². The van der Waals surface area contributed by atoms with Crippen LogP contribution in [0.3, 0.4) is 0 Å². The minimum atomic E-state index is 0.0993. The fourth-order valence-corrected chi connectivity index (χ4v) is 2.10. The summed E-state index contributed by atoms with van der Waals surface area (Å²) < 4.78 is 1.78. The first-order valence-corrected chi connectivity index (χ1v) is 6.83. The van der Waals surface area contributed by atoms with Gasteiger partial charge in [0.25, 0.3) is 0 Å². The van der Waals surface area contributed by atoms with E-state index < -0.39 is 0 Å². The molecule has 3 heteroatoms. The molecule has 1 aromatic heterocycles. The lowest BCUT2D eigenvalue weighted by atomic mass is 10.0. The highest BCUT2D eigenvalue weighted by molar-refractivity contribution is 5.97. The molecule has 1 aromatic carbocycles. The Hall–Kier alpha value is -2.34. The highest BCUT2D eigenvalue weighted by Gasteiger charge is 2.17. The van der Waals surface area contributed by atoms with Gasteiger partial charge in [0.15, 0.2) is 5.78 Å². The molecule has 1 fully saturated rings. The van der Waals surface area contributed by atoms with Crippen molar-refractivity contribution >= 4 is 5.78 Å². The summed E-state index contributed by atoms with van der Waals surface area (Å²) in [7, 11) is 0. The third-order valence-electron chi connectivity index (χ3n) is 3.41. The molecular formula is C17H16N2O. The summed E-state index contributed by atoms with van der Waals surface area (Å²) in [4.78, 5) is 16.2. The molecule has 0 unspecified atom stereocenters. The highest BCUT2D eigenvalue weighted by Crippen LogP contribution is 2.27. The van der Waals surface area contributed by atoms with E-state index in [0.29, 0.717) is 12.5 Å². The number of rotatable bonds is 3. The monoisotopic (exact) mass is 264 g/mol. The Bertz CT molecular complexity index is 686. The van der Waals surface area contributed by atoms with E-state index in [1.807, 2.05) is 25.1 Å². The molecule has 0 N–H and O–H groups in total. The molecule has 0 bridgehead atoms. The zero-order valence-corrected chi connectivity index (χ0v) is 11.5. The molecule has 1 aliphatic carbocycles. The number of Topliss-reactive ketones (excluding diaryl/α,β-unsaturated/α-hetero) is 1. The van der Waals surface area contributed by atoms with E-state index in [9.17, 15) is 4.79 Å². The number of imidazole rings is 1. The maximum atomic E-state index is 12.2. The van der Waals surface area contributed by atoms with Gasteiger partial charge in [-0.05, 0) is 43.5 Å². The van der Waals surface area contributed by atoms with Gasteiger partial charge in [-0.1, -0.05) is 11.8 Å². The molecular weight excluding hydrogens is 248 g/mol. The fraction of sp³-hybridized carbons (Fsp3) is 0.294. The first-order valence-electron chi connectivity index (χ1n) is 6.83. The van der Waals surface area contributed by atoms with Gasteiger partial charge in [-0.15, -0.1) is 0 Å². The maximum absolute atomic E-state index is 12.2. The molecule has 0 aliphatic heterocycles. The number of aromatic nitrogens is 2. The van der Waals surface area contributed by atoms with Gasteiger partial charge in [0.1, 0.15) is 0 Å². The van der Waals surface area contributed by atoms with E-state index in [1.54, 1.807) is 23.3 Å². The van der Waals surface area contributed by atoms with Crippen LogP contribution in [-0.2, 0) is 6.54 Å². The Balaban J connectivity index is 1.76. The van der Waals surface area contributed by atoms with Gasteiger partial charge in [0.2, 0.25) is 0 Å². The van der Waals surface area contributed by atoms with Crippen LogP contribution in [0.4, 0.5) is 0 Å². The van der Waals surface area contributed by atoms with Gasteiger partial charge in [-0.2, -0.15) is 0 Å². The van der Waals surface area contributed by atoms with Crippen molar-refractivity contribution in [3.05, 3.63) is 53.6 Å². The molecule has 0 atom stereocenters. The zero-order valence-electron chi connectivity index (χ0n) is 11.5. The second-order valence-corrected chi connectivity index (χ2v) is 5.23. The molecule has 1 saturated carbocycles. The molecule has 0 spiro atoms. The number of ketones is 1. The van der Waals surface area contributed by atoms with E-state index in [0.717, 1.165) is 16.7 Å². The summed E-state index contributed by atoms with van der Waals surface area (Å²) in [6.07, 6.45) is 7.59. The molecule has 100 valence electrons. The predicted molar refractivity (Wildman–Crippen MR) is 77.3 cm³/mol. The lowest BCUT2D eigenvalue weighted by Gasteiger charge is -2.06. The van der Waals surface area contributed by atoms with Crippen molar-refractivity contribution in [1.29, 1.82) is 0 Å². The largest absolute Gasteiger partial charge is 0.330 e. The number of nitrogens with zero attached hydrogens (tertiary/aromatic N) is 2. The molecule has 0 radical (unpaired) electrons. The molecule has 2 aromatic rings. The maximum Gasteiger partial charge on any atom is 0.182 e. The fourth-order valence-electron chi connectivity index (χ4n) is 2.10. The molecule has 3 nitrogen and oxygen atoms in total. The second-order valence-electron chi connectivity index (χ2n) is 5.23. The molecule has 1 aliphatic rings.